The second-order valence-electron chi connectivity index (χ2n) is 5.69. The molecule has 0 amide bonds. The molecule has 0 radical (unpaired) electrons. The molecule has 3 aromatic carbocycles. The number of ether oxygens (including phenoxy) is 1. The molecule has 0 aliphatic carbocycles. The summed E-state index contributed by atoms with van der Waals surface area (Å²) < 4.78 is 42.0. The molecule has 0 heterocycles. The van der Waals surface area contributed by atoms with E-state index in [0.29, 0.717) is 5.75 Å². The molecule has 4 heteroatoms. The zero-order chi connectivity index (χ0) is 18.4. The summed E-state index contributed by atoms with van der Waals surface area (Å²) in [6.45, 7) is -0.140. The predicted octanol–water partition coefficient (Wildman–Crippen LogP) is 6.52. The fraction of sp³-hybridized carbons (Fsp3) is 0.0909. The molecule has 0 spiro atoms. The summed E-state index contributed by atoms with van der Waals surface area (Å²) in [6.07, 6.45) is -3.17. The summed E-state index contributed by atoms with van der Waals surface area (Å²) in [7, 11) is 0. The van der Waals surface area contributed by atoms with E-state index >= 15 is 0 Å². The summed E-state index contributed by atoms with van der Waals surface area (Å²) in [5.41, 5.74) is 4.01. The average molecular weight is 354 g/mol. The van der Waals surface area contributed by atoms with Crippen LogP contribution in [0.5, 0.6) is 5.75 Å². The van der Waals surface area contributed by atoms with Crippen molar-refractivity contribution in [2.45, 2.75) is 6.18 Å². The molecule has 132 valence electrons. The normalized spacial score (nSPS) is 11.7. The maximum absolute atomic E-state index is 12.2. The molecular weight excluding hydrogens is 337 g/mol. The monoisotopic (exact) mass is 354 g/mol. The lowest BCUT2D eigenvalue weighted by molar-refractivity contribution is -0.0801. The maximum Gasteiger partial charge on any atom is 0.409 e. The molecule has 0 aliphatic rings. The van der Waals surface area contributed by atoms with Crippen molar-refractivity contribution >= 4 is 0 Å². The van der Waals surface area contributed by atoms with Gasteiger partial charge in [-0.15, -0.1) is 0 Å². The zero-order valence-corrected chi connectivity index (χ0v) is 13.9. The van der Waals surface area contributed by atoms with Crippen molar-refractivity contribution in [3.05, 3.63) is 91.0 Å². The fourth-order valence-corrected chi connectivity index (χ4v) is 2.62. The summed E-state index contributed by atoms with van der Waals surface area (Å²) in [5, 5.41) is 0. The first-order valence-corrected chi connectivity index (χ1v) is 8.15. The number of benzene rings is 3. The van der Waals surface area contributed by atoms with Crippen LogP contribution < -0.4 is 4.74 Å². The molecule has 3 rings (SSSR count). The van der Waals surface area contributed by atoms with Crippen molar-refractivity contribution in [3.8, 4) is 28.0 Å². The molecular formula is C22H17F3O. The number of hydrogen-bond acceptors (Lipinski definition) is 1. The standard InChI is InChI=1S/C22H17F3O/c23-22(24,25)15-6-16-26-21-10-5-4-9-20(21)19-13-11-18(12-14-19)17-7-2-1-3-8-17/h1-15H,16H2/b15-6+. The highest BCUT2D eigenvalue weighted by atomic mass is 19.4. The molecule has 3 aromatic rings. The first kappa shape index (κ1) is 17.8. The average Bonchev–Trinajstić information content (AvgIpc) is 2.66. The fourth-order valence-electron chi connectivity index (χ4n) is 2.62. The minimum absolute atomic E-state index is 0.140. The van der Waals surface area contributed by atoms with Crippen LogP contribution in [0.25, 0.3) is 22.3 Å². The van der Waals surface area contributed by atoms with E-state index in [2.05, 4.69) is 0 Å². The molecule has 26 heavy (non-hydrogen) atoms. The van der Waals surface area contributed by atoms with Crippen molar-refractivity contribution in [2.75, 3.05) is 6.61 Å². The Morgan fingerprint density at radius 2 is 1.27 bits per heavy atom. The summed E-state index contributed by atoms with van der Waals surface area (Å²) in [6, 6.07) is 25.3. The SMILES string of the molecule is FC(F)(F)/C=C/COc1ccccc1-c1ccc(-c2ccccc2)cc1. The highest BCUT2D eigenvalue weighted by molar-refractivity contribution is 5.74. The molecule has 0 fully saturated rings. The summed E-state index contributed by atoms with van der Waals surface area (Å²) >= 11 is 0. The van der Waals surface area contributed by atoms with Crippen LogP contribution in [0.3, 0.4) is 0 Å². The van der Waals surface area contributed by atoms with Crippen molar-refractivity contribution in [1.82, 2.24) is 0 Å². The largest absolute Gasteiger partial charge is 0.489 e. The lowest BCUT2D eigenvalue weighted by Crippen LogP contribution is -2.03. The number of halogens is 3. The van der Waals surface area contributed by atoms with Crippen LogP contribution in [-0.2, 0) is 0 Å². The van der Waals surface area contributed by atoms with Crippen molar-refractivity contribution in [3.63, 3.8) is 0 Å². The lowest BCUT2D eigenvalue weighted by atomic mass is 10.00. The Bertz CT molecular complexity index is 866. The van der Waals surface area contributed by atoms with Crippen molar-refractivity contribution in [1.29, 1.82) is 0 Å². The van der Waals surface area contributed by atoms with Gasteiger partial charge in [-0.1, -0.05) is 72.8 Å². The lowest BCUT2D eigenvalue weighted by Gasteiger charge is -2.11. The third kappa shape index (κ3) is 4.76. The van der Waals surface area contributed by atoms with Gasteiger partial charge in [0.2, 0.25) is 0 Å². The van der Waals surface area contributed by atoms with Gasteiger partial charge in [0.05, 0.1) is 0 Å². The molecule has 0 saturated carbocycles. The smallest absolute Gasteiger partial charge is 0.409 e. The highest BCUT2D eigenvalue weighted by Gasteiger charge is 2.21. The van der Waals surface area contributed by atoms with Crippen molar-refractivity contribution < 1.29 is 17.9 Å². The number of allylic oxidation sites excluding steroid dienone is 1. The third-order valence-electron chi connectivity index (χ3n) is 3.83. The van der Waals surface area contributed by atoms with E-state index in [1.165, 1.54) is 0 Å². The molecule has 0 saturated heterocycles. The summed E-state index contributed by atoms with van der Waals surface area (Å²) in [5.74, 6) is 0.548. The van der Waals surface area contributed by atoms with Gasteiger partial charge in [-0.2, -0.15) is 13.2 Å². The first-order valence-electron chi connectivity index (χ1n) is 8.15. The molecule has 0 N–H and O–H groups in total. The second-order valence-corrected chi connectivity index (χ2v) is 5.69. The molecule has 0 unspecified atom stereocenters. The van der Waals surface area contributed by atoms with Crippen LogP contribution in [0.1, 0.15) is 0 Å². The van der Waals surface area contributed by atoms with Crippen LogP contribution in [0.2, 0.25) is 0 Å². The van der Waals surface area contributed by atoms with Gasteiger partial charge in [0, 0.05) is 11.6 Å². The Morgan fingerprint density at radius 1 is 0.692 bits per heavy atom. The van der Waals surface area contributed by atoms with Crippen LogP contribution >= 0.6 is 0 Å². The predicted molar refractivity (Wildman–Crippen MR) is 98.0 cm³/mol. The van der Waals surface area contributed by atoms with E-state index in [4.69, 9.17) is 4.74 Å². The van der Waals surface area contributed by atoms with Gasteiger partial charge in [0.15, 0.2) is 0 Å². The molecule has 0 bridgehead atoms. The number of alkyl halides is 3. The number of rotatable bonds is 5. The van der Waals surface area contributed by atoms with Gasteiger partial charge in [-0.25, -0.2) is 0 Å². The Morgan fingerprint density at radius 3 is 1.96 bits per heavy atom. The Labute approximate surface area is 150 Å². The van der Waals surface area contributed by atoms with Crippen LogP contribution in [0.4, 0.5) is 13.2 Å². The van der Waals surface area contributed by atoms with Gasteiger partial charge < -0.3 is 4.74 Å². The van der Waals surface area contributed by atoms with Crippen molar-refractivity contribution in [2.24, 2.45) is 0 Å². The van der Waals surface area contributed by atoms with E-state index in [1.54, 1.807) is 12.1 Å². The minimum Gasteiger partial charge on any atom is -0.489 e. The summed E-state index contributed by atoms with van der Waals surface area (Å²) in [4.78, 5) is 0. The first-order chi connectivity index (χ1) is 12.5. The van der Waals surface area contributed by atoms with Crippen LogP contribution in [-0.4, -0.2) is 12.8 Å². The van der Waals surface area contributed by atoms with Crippen LogP contribution in [0.15, 0.2) is 91.0 Å². The Balaban J connectivity index is 1.78. The maximum atomic E-state index is 12.2. The topological polar surface area (TPSA) is 9.23 Å². The van der Waals surface area contributed by atoms with E-state index in [9.17, 15) is 13.2 Å². The van der Waals surface area contributed by atoms with E-state index in [1.807, 2.05) is 66.7 Å². The second kappa shape index (κ2) is 7.91. The Kier molecular flexibility index (Phi) is 5.42. The molecule has 1 nitrogen and oxygen atoms in total. The highest BCUT2D eigenvalue weighted by Crippen LogP contribution is 2.31. The number of para-hydroxylation sites is 1. The van der Waals surface area contributed by atoms with E-state index in [0.717, 1.165) is 28.3 Å². The molecule has 0 atom stereocenters. The molecule has 0 aliphatic heterocycles. The zero-order valence-electron chi connectivity index (χ0n) is 13.9. The van der Waals surface area contributed by atoms with Gasteiger partial charge in [-0.05, 0) is 28.8 Å². The quantitative estimate of drug-likeness (QED) is 0.474. The Hall–Kier alpha value is -3.01. The third-order valence-corrected chi connectivity index (χ3v) is 3.83. The van der Waals surface area contributed by atoms with E-state index in [-0.39, 0.29) is 12.7 Å². The molecule has 0 aromatic heterocycles. The minimum atomic E-state index is -4.32. The van der Waals surface area contributed by atoms with Gasteiger partial charge >= 0.3 is 6.18 Å². The van der Waals surface area contributed by atoms with E-state index < -0.39 is 6.18 Å². The number of hydrogen-bond donors (Lipinski definition) is 0. The van der Waals surface area contributed by atoms with Gasteiger partial charge in [0.1, 0.15) is 12.4 Å². The van der Waals surface area contributed by atoms with Gasteiger partial charge in [0.25, 0.3) is 0 Å². The van der Waals surface area contributed by atoms with Crippen LogP contribution in [0, 0.1) is 0 Å². The van der Waals surface area contributed by atoms with Gasteiger partial charge in [-0.3, -0.25) is 0 Å².